The number of carbonyl (C=O) groups is 2. The normalized spacial score (nSPS) is 21.5. The third kappa shape index (κ3) is 4.11. The highest BCUT2D eigenvalue weighted by Crippen LogP contribution is 2.39. The molecule has 0 aromatic rings. The van der Waals surface area contributed by atoms with E-state index in [9.17, 15) is 9.59 Å². The Morgan fingerprint density at radius 1 is 1.14 bits per heavy atom. The van der Waals surface area contributed by atoms with Gasteiger partial charge in [-0.2, -0.15) is 0 Å². The lowest BCUT2D eigenvalue weighted by Gasteiger charge is -2.34. The molecule has 1 aliphatic heterocycles. The molecular weight excluding hydrogens is 268 g/mol. The van der Waals surface area contributed by atoms with Crippen molar-refractivity contribution < 1.29 is 14.7 Å². The van der Waals surface area contributed by atoms with Gasteiger partial charge in [-0.05, 0) is 37.0 Å². The molecule has 2 fully saturated rings. The Morgan fingerprint density at radius 3 is 2.24 bits per heavy atom. The van der Waals surface area contributed by atoms with Crippen LogP contribution in [0, 0.1) is 17.3 Å². The van der Waals surface area contributed by atoms with Crippen LogP contribution < -0.4 is 5.32 Å². The minimum absolute atomic E-state index is 0.0371. The van der Waals surface area contributed by atoms with E-state index in [1.54, 1.807) is 4.90 Å². The third-order valence-electron chi connectivity index (χ3n) is 5.29. The highest BCUT2D eigenvalue weighted by molar-refractivity contribution is 5.75. The van der Waals surface area contributed by atoms with Crippen LogP contribution in [0.4, 0.5) is 4.79 Å². The van der Waals surface area contributed by atoms with Crippen molar-refractivity contribution in [1.29, 1.82) is 0 Å². The zero-order valence-electron chi connectivity index (χ0n) is 13.2. The van der Waals surface area contributed by atoms with E-state index >= 15 is 0 Å². The molecular formula is C16H28N2O3. The molecule has 0 radical (unpaired) electrons. The van der Waals surface area contributed by atoms with Crippen molar-refractivity contribution in [2.45, 2.75) is 52.4 Å². The molecule has 1 saturated heterocycles. The lowest BCUT2D eigenvalue weighted by Crippen LogP contribution is -2.48. The van der Waals surface area contributed by atoms with E-state index in [4.69, 9.17) is 5.11 Å². The van der Waals surface area contributed by atoms with Gasteiger partial charge in [-0.1, -0.05) is 26.7 Å². The number of nitrogens with zero attached hydrogens (tertiary/aromatic N) is 1. The van der Waals surface area contributed by atoms with Gasteiger partial charge in [0.05, 0.1) is 5.92 Å². The predicted octanol–water partition coefficient (Wildman–Crippen LogP) is 2.71. The summed E-state index contributed by atoms with van der Waals surface area (Å²) in [5, 5.41) is 12.0. The number of hydrogen-bond donors (Lipinski definition) is 2. The minimum atomic E-state index is -0.738. The minimum Gasteiger partial charge on any atom is -0.481 e. The third-order valence-corrected chi connectivity index (χ3v) is 5.29. The molecule has 2 rings (SSSR count). The summed E-state index contributed by atoms with van der Waals surface area (Å²) in [6.07, 6.45) is 6.29. The van der Waals surface area contributed by atoms with E-state index in [-0.39, 0.29) is 17.4 Å². The van der Waals surface area contributed by atoms with Gasteiger partial charge in [0.25, 0.3) is 0 Å². The Bertz CT molecular complexity index is 381. The van der Waals surface area contributed by atoms with E-state index in [1.807, 2.05) is 0 Å². The Kier molecular flexibility index (Phi) is 5.12. The summed E-state index contributed by atoms with van der Waals surface area (Å²) in [7, 11) is 0. The first kappa shape index (κ1) is 16.1. The number of rotatable bonds is 4. The maximum atomic E-state index is 12.2. The summed E-state index contributed by atoms with van der Waals surface area (Å²) >= 11 is 0. The summed E-state index contributed by atoms with van der Waals surface area (Å²) in [5.74, 6) is -0.322. The Morgan fingerprint density at radius 2 is 1.71 bits per heavy atom. The summed E-state index contributed by atoms with van der Waals surface area (Å²) in [6, 6.07) is -0.0371. The predicted molar refractivity (Wildman–Crippen MR) is 81.1 cm³/mol. The molecule has 5 nitrogen and oxygen atoms in total. The first-order chi connectivity index (χ1) is 9.90. The second-order valence-corrected chi connectivity index (χ2v) is 7.23. The molecule has 0 spiro atoms. The molecule has 0 aromatic carbocycles. The topological polar surface area (TPSA) is 69.6 Å². The van der Waals surface area contributed by atoms with Crippen molar-refractivity contribution in [3.8, 4) is 0 Å². The SMILES string of the molecule is CC(C)(CNC(=O)N1CCC(C(=O)O)CC1)C1CCCC1. The number of likely N-dealkylation sites (tertiary alicyclic amines) is 1. The lowest BCUT2D eigenvalue weighted by atomic mass is 9.78. The lowest BCUT2D eigenvalue weighted by molar-refractivity contribution is -0.143. The fraction of sp³-hybridized carbons (Fsp3) is 0.875. The number of nitrogens with one attached hydrogen (secondary N) is 1. The largest absolute Gasteiger partial charge is 0.481 e. The summed E-state index contributed by atoms with van der Waals surface area (Å²) in [5.41, 5.74) is 0.144. The zero-order valence-corrected chi connectivity index (χ0v) is 13.2. The number of aliphatic carboxylic acids is 1. The van der Waals surface area contributed by atoms with Crippen molar-refractivity contribution in [3.05, 3.63) is 0 Å². The Labute approximate surface area is 127 Å². The number of hydrogen-bond acceptors (Lipinski definition) is 2. The van der Waals surface area contributed by atoms with E-state index in [0.29, 0.717) is 38.4 Å². The van der Waals surface area contributed by atoms with E-state index in [0.717, 1.165) is 0 Å². The number of carboxylic acid groups (broad SMARTS) is 1. The van der Waals surface area contributed by atoms with Crippen LogP contribution in [0.15, 0.2) is 0 Å². The maximum absolute atomic E-state index is 12.2. The van der Waals surface area contributed by atoms with Gasteiger partial charge in [-0.3, -0.25) is 4.79 Å². The monoisotopic (exact) mass is 296 g/mol. The van der Waals surface area contributed by atoms with E-state index in [1.165, 1.54) is 25.7 Å². The van der Waals surface area contributed by atoms with Crippen molar-refractivity contribution in [2.24, 2.45) is 17.3 Å². The molecule has 0 atom stereocenters. The molecule has 2 aliphatic rings. The molecule has 2 N–H and O–H groups in total. The zero-order chi connectivity index (χ0) is 15.5. The molecule has 120 valence electrons. The number of carboxylic acids is 1. The van der Waals surface area contributed by atoms with E-state index < -0.39 is 5.97 Å². The molecule has 21 heavy (non-hydrogen) atoms. The maximum Gasteiger partial charge on any atom is 0.317 e. The van der Waals surface area contributed by atoms with Crippen LogP contribution in [0.5, 0.6) is 0 Å². The molecule has 5 heteroatoms. The molecule has 0 unspecified atom stereocenters. The first-order valence-electron chi connectivity index (χ1n) is 8.16. The summed E-state index contributed by atoms with van der Waals surface area (Å²) in [6.45, 7) is 6.27. The van der Waals surface area contributed by atoms with Gasteiger partial charge >= 0.3 is 12.0 Å². The van der Waals surface area contributed by atoms with Gasteiger partial charge in [0.15, 0.2) is 0 Å². The van der Waals surface area contributed by atoms with Gasteiger partial charge in [0.2, 0.25) is 0 Å². The van der Waals surface area contributed by atoms with Crippen LogP contribution in [0.1, 0.15) is 52.4 Å². The summed E-state index contributed by atoms with van der Waals surface area (Å²) in [4.78, 5) is 24.9. The molecule has 0 bridgehead atoms. The van der Waals surface area contributed by atoms with Crippen LogP contribution in [0.25, 0.3) is 0 Å². The Balaban J connectivity index is 1.76. The average Bonchev–Trinajstić information content (AvgIpc) is 3.00. The van der Waals surface area contributed by atoms with Crippen LogP contribution in [-0.4, -0.2) is 41.6 Å². The second kappa shape index (κ2) is 6.67. The fourth-order valence-electron chi connectivity index (χ4n) is 3.60. The van der Waals surface area contributed by atoms with E-state index in [2.05, 4.69) is 19.2 Å². The second-order valence-electron chi connectivity index (χ2n) is 7.23. The number of urea groups is 1. The molecule has 1 heterocycles. The number of piperidine rings is 1. The molecule has 2 amide bonds. The first-order valence-corrected chi connectivity index (χ1v) is 8.16. The van der Waals surface area contributed by atoms with Gasteiger partial charge in [0, 0.05) is 19.6 Å². The van der Waals surface area contributed by atoms with Gasteiger partial charge in [-0.15, -0.1) is 0 Å². The Hall–Kier alpha value is -1.26. The molecule has 1 saturated carbocycles. The smallest absolute Gasteiger partial charge is 0.317 e. The average molecular weight is 296 g/mol. The quantitative estimate of drug-likeness (QED) is 0.838. The van der Waals surface area contributed by atoms with Crippen molar-refractivity contribution >= 4 is 12.0 Å². The van der Waals surface area contributed by atoms with Gasteiger partial charge in [-0.25, -0.2) is 4.79 Å². The van der Waals surface area contributed by atoms with Gasteiger partial charge in [0.1, 0.15) is 0 Å². The summed E-state index contributed by atoms with van der Waals surface area (Å²) < 4.78 is 0. The fourth-order valence-corrected chi connectivity index (χ4v) is 3.60. The highest BCUT2D eigenvalue weighted by atomic mass is 16.4. The van der Waals surface area contributed by atoms with Crippen LogP contribution >= 0.6 is 0 Å². The van der Waals surface area contributed by atoms with Crippen molar-refractivity contribution in [2.75, 3.05) is 19.6 Å². The standard InChI is InChI=1S/C16H28N2O3/c1-16(2,13-5-3-4-6-13)11-17-15(21)18-9-7-12(8-10-18)14(19)20/h12-13H,3-11H2,1-2H3,(H,17,21)(H,19,20). The molecule has 1 aliphatic carbocycles. The van der Waals surface area contributed by atoms with Crippen molar-refractivity contribution in [1.82, 2.24) is 10.2 Å². The van der Waals surface area contributed by atoms with Crippen LogP contribution in [0.3, 0.4) is 0 Å². The highest BCUT2D eigenvalue weighted by Gasteiger charge is 2.33. The number of carbonyl (C=O) groups excluding carboxylic acids is 1. The number of amides is 2. The van der Waals surface area contributed by atoms with Crippen LogP contribution in [0.2, 0.25) is 0 Å². The van der Waals surface area contributed by atoms with Gasteiger partial charge < -0.3 is 15.3 Å². The molecule has 0 aromatic heterocycles. The van der Waals surface area contributed by atoms with Crippen molar-refractivity contribution in [3.63, 3.8) is 0 Å². The van der Waals surface area contributed by atoms with Crippen LogP contribution in [-0.2, 0) is 4.79 Å².